The number of aliphatic hydroxyl groups is 1. The molecule has 4 N–H and O–H groups in total. The number of nitrogens with zero attached hydrogens (tertiary/aromatic N) is 5. The highest BCUT2D eigenvalue weighted by Gasteiger charge is 2.46. The molecule has 3 aromatic heterocycles. The molecule has 4 aromatic rings. The highest BCUT2D eigenvalue weighted by molar-refractivity contribution is 7.99. The van der Waals surface area contributed by atoms with Gasteiger partial charge in [-0.3, -0.25) is 5.10 Å². The van der Waals surface area contributed by atoms with Crippen LogP contribution in [0, 0.1) is 5.41 Å². The van der Waals surface area contributed by atoms with Crippen LogP contribution in [0.3, 0.4) is 0 Å². The van der Waals surface area contributed by atoms with Gasteiger partial charge < -0.3 is 15.7 Å². The quantitative estimate of drug-likeness (QED) is 0.331. The second-order valence-electron chi connectivity index (χ2n) is 9.10. The number of anilines is 1. The number of pyridine rings is 1. The van der Waals surface area contributed by atoms with Crippen molar-refractivity contribution in [1.82, 2.24) is 25.1 Å². The van der Waals surface area contributed by atoms with Gasteiger partial charge in [-0.2, -0.15) is 5.10 Å². The normalized spacial score (nSPS) is 19.0. The SMILES string of the molecule is N[C@@H]1c2ccccc2CC12CCN(c1nc3[nH]nc(Sc4ccnc(Cl)c4Cl)c3nc1CO)CC2. The molecule has 2 aliphatic rings. The third kappa shape index (κ3) is 3.86. The summed E-state index contributed by atoms with van der Waals surface area (Å²) in [4.78, 5) is 16.4. The zero-order chi connectivity index (χ0) is 24.2. The minimum atomic E-state index is -0.220. The summed E-state index contributed by atoms with van der Waals surface area (Å²) in [5.41, 5.74) is 11.1. The molecule has 6 rings (SSSR count). The van der Waals surface area contributed by atoms with Gasteiger partial charge in [0.15, 0.2) is 16.5 Å². The van der Waals surface area contributed by atoms with Crippen molar-refractivity contribution in [3.05, 3.63) is 63.5 Å². The predicted molar refractivity (Wildman–Crippen MR) is 137 cm³/mol. The summed E-state index contributed by atoms with van der Waals surface area (Å²) < 4.78 is 0. The molecule has 0 amide bonds. The van der Waals surface area contributed by atoms with E-state index in [4.69, 9.17) is 38.9 Å². The molecule has 35 heavy (non-hydrogen) atoms. The Morgan fingerprint density at radius 1 is 1.17 bits per heavy atom. The summed E-state index contributed by atoms with van der Waals surface area (Å²) in [6, 6.07) is 10.3. The van der Waals surface area contributed by atoms with Gasteiger partial charge in [0.1, 0.15) is 16.4 Å². The summed E-state index contributed by atoms with van der Waals surface area (Å²) >= 11 is 13.7. The number of H-pyrrole nitrogens is 1. The van der Waals surface area contributed by atoms with Crippen molar-refractivity contribution >= 4 is 51.9 Å². The fourth-order valence-electron chi connectivity index (χ4n) is 5.33. The Hall–Kier alpha value is -2.43. The molecule has 11 heteroatoms. The molecule has 1 aromatic carbocycles. The third-order valence-electron chi connectivity index (χ3n) is 7.23. The van der Waals surface area contributed by atoms with Crippen LogP contribution in [0.4, 0.5) is 5.82 Å². The van der Waals surface area contributed by atoms with Crippen molar-refractivity contribution in [2.24, 2.45) is 11.1 Å². The fraction of sp³-hybridized carbons (Fsp3) is 0.333. The largest absolute Gasteiger partial charge is 0.390 e. The van der Waals surface area contributed by atoms with E-state index in [1.807, 2.05) is 0 Å². The van der Waals surface area contributed by atoms with Crippen LogP contribution >= 0.6 is 35.0 Å². The van der Waals surface area contributed by atoms with Gasteiger partial charge in [-0.25, -0.2) is 15.0 Å². The van der Waals surface area contributed by atoms with Crippen molar-refractivity contribution in [2.45, 2.75) is 41.8 Å². The number of hydrogen-bond acceptors (Lipinski definition) is 8. The molecule has 1 aliphatic carbocycles. The number of nitrogens with one attached hydrogen (secondary N) is 1. The van der Waals surface area contributed by atoms with E-state index >= 15 is 0 Å². The monoisotopic (exact) mass is 527 g/mol. The van der Waals surface area contributed by atoms with Gasteiger partial charge in [-0.15, -0.1) is 0 Å². The number of halogens is 2. The lowest BCUT2D eigenvalue weighted by Gasteiger charge is -2.42. The molecule has 0 bridgehead atoms. The maximum atomic E-state index is 10.1. The van der Waals surface area contributed by atoms with Gasteiger partial charge in [0, 0.05) is 30.2 Å². The number of benzene rings is 1. The third-order valence-corrected chi connectivity index (χ3v) is 9.15. The zero-order valence-electron chi connectivity index (χ0n) is 18.7. The Labute approximate surface area is 216 Å². The van der Waals surface area contributed by atoms with Gasteiger partial charge in [0.2, 0.25) is 0 Å². The number of aromatic nitrogens is 5. The molecule has 1 spiro atoms. The number of aliphatic hydroxyl groups excluding tert-OH is 1. The van der Waals surface area contributed by atoms with Gasteiger partial charge in [-0.05, 0) is 41.9 Å². The molecule has 0 unspecified atom stereocenters. The Morgan fingerprint density at radius 3 is 2.74 bits per heavy atom. The average Bonchev–Trinajstić information content (AvgIpc) is 3.39. The first-order chi connectivity index (χ1) is 17.0. The summed E-state index contributed by atoms with van der Waals surface area (Å²) in [6.07, 6.45) is 4.52. The number of fused-ring (bicyclic) bond motifs is 2. The minimum Gasteiger partial charge on any atom is -0.390 e. The van der Waals surface area contributed by atoms with Crippen LogP contribution in [-0.4, -0.2) is 43.3 Å². The van der Waals surface area contributed by atoms with Crippen LogP contribution < -0.4 is 10.6 Å². The van der Waals surface area contributed by atoms with E-state index in [1.54, 1.807) is 12.3 Å². The second-order valence-corrected chi connectivity index (χ2v) is 10.9. The molecule has 180 valence electrons. The van der Waals surface area contributed by atoms with E-state index in [9.17, 15) is 5.11 Å². The summed E-state index contributed by atoms with van der Waals surface area (Å²) in [5.74, 6) is 0.684. The van der Waals surface area contributed by atoms with Crippen LogP contribution in [0.2, 0.25) is 10.2 Å². The lowest BCUT2D eigenvalue weighted by Crippen LogP contribution is -2.45. The number of nitrogens with two attached hydrogens (primary N) is 1. The Balaban J connectivity index is 1.26. The molecule has 1 fully saturated rings. The van der Waals surface area contributed by atoms with Crippen LogP contribution in [-0.2, 0) is 13.0 Å². The van der Waals surface area contributed by atoms with E-state index in [0.29, 0.717) is 37.6 Å². The van der Waals surface area contributed by atoms with Gasteiger partial charge in [0.25, 0.3) is 0 Å². The second kappa shape index (κ2) is 8.90. The number of rotatable bonds is 4. The fourth-order valence-corrected chi connectivity index (χ4v) is 6.63. The molecule has 8 nitrogen and oxygen atoms in total. The van der Waals surface area contributed by atoms with Crippen molar-refractivity contribution in [3.8, 4) is 0 Å². The number of piperidine rings is 1. The van der Waals surface area contributed by atoms with Gasteiger partial charge in [0.05, 0.1) is 11.6 Å². The lowest BCUT2D eigenvalue weighted by molar-refractivity contribution is 0.187. The predicted octanol–water partition coefficient (Wildman–Crippen LogP) is 4.54. The van der Waals surface area contributed by atoms with Crippen LogP contribution in [0.25, 0.3) is 11.2 Å². The molecule has 1 aliphatic heterocycles. The molecular formula is C24H23Cl2N7OS. The van der Waals surface area contributed by atoms with E-state index in [-0.39, 0.29) is 23.2 Å². The van der Waals surface area contributed by atoms with Gasteiger partial charge >= 0.3 is 0 Å². The van der Waals surface area contributed by atoms with E-state index in [1.165, 1.54) is 22.9 Å². The molecule has 1 saturated heterocycles. The van der Waals surface area contributed by atoms with E-state index in [0.717, 1.165) is 32.4 Å². The molecule has 4 heterocycles. The van der Waals surface area contributed by atoms with Gasteiger partial charge in [-0.1, -0.05) is 59.2 Å². The van der Waals surface area contributed by atoms with Crippen molar-refractivity contribution in [1.29, 1.82) is 0 Å². The maximum Gasteiger partial charge on any atom is 0.177 e. The van der Waals surface area contributed by atoms with Crippen molar-refractivity contribution in [2.75, 3.05) is 18.0 Å². The Kier molecular flexibility index (Phi) is 5.85. The van der Waals surface area contributed by atoms with Crippen LogP contribution in [0.15, 0.2) is 46.5 Å². The highest BCUT2D eigenvalue weighted by atomic mass is 35.5. The van der Waals surface area contributed by atoms with Crippen LogP contribution in [0.1, 0.15) is 35.7 Å². The molecule has 1 atom stereocenters. The van der Waals surface area contributed by atoms with Crippen LogP contribution in [0.5, 0.6) is 0 Å². The van der Waals surface area contributed by atoms with E-state index in [2.05, 4.69) is 44.3 Å². The first-order valence-electron chi connectivity index (χ1n) is 11.4. The summed E-state index contributed by atoms with van der Waals surface area (Å²) in [6.45, 7) is 1.38. The first kappa shape index (κ1) is 23.0. The summed E-state index contributed by atoms with van der Waals surface area (Å²) in [7, 11) is 0. The van der Waals surface area contributed by atoms with Crippen molar-refractivity contribution in [3.63, 3.8) is 0 Å². The molecule has 0 radical (unpaired) electrons. The average molecular weight is 528 g/mol. The smallest absolute Gasteiger partial charge is 0.177 e. The number of aromatic amines is 1. The molecular weight excluding hydrogens is 505 g/mol. The Bertz CT molecular complexity index is 1420. The lowest BCUT2D eigenvalue weighted by atomic mass is 9.73. The topological polar surface area (TPSA) is 117 Å². The Morgan fingerprint density at radius 2 is 1.97 bits per heavy atom. The minimum absolute atomic E-state index is 0.0485. The highest BCUT2D eigenvalue weighted by Crippen LogP contribution is 2.51. The van der Waals surface area contributed by atoms with Crippen molar-refractivity contribution < 1.29 is 5.11 Å². The zero-order valence-corrected chi connectivity index (χ0v) is 21.0. The maximum absolute atomic E-state index is 10.1. The van der Waals surface area contributed by atoms with E-state index < -0.39 is 0 Å². The standard InChI is InChI=1S/C24H23Cl2N7OS/c25-17-16(5-8-28-20(17)26)35-23-18-21(31-32-23)30-22(15(12-34)29-18)33-9-6-24(7-10-33)11-13-3-1-2-4-14(13)19(24)27/h1-5,8,19,34H,6-7,9-12,27H2,(H,30,31,32)/t19-/m1/s1. The molecule has 0 saturated carbocycles. The summed E-state index contributed by atoms with van der Waals surface area (Å²) in [5, 5.41) is 18.7. The first-order valence-corrected chi connectivity index (χ1v) is 13.0. The number of hydrogen-bond donors (Lipinski definition) is 3.